The van der Waals surface area contributed by atoms with Crippen molar-refractivity contribution in [2.45, 2.75) is 105 Å². The second kappa shape index (κ2) is 30.3. The fourth-order valence-electron chi connectivity index (χ4n) is 5.88. The Labute approximate surface area is 338 Å². The molecule has 0 saturated heterocycles. The Morgan fingerprint density at radius 3 is 0.865 bits per heavy atom. The van der Waals surface area contributed by atoms with Gasteiger partial charge >= 0.3 is 0 Å². The van der Waals surface area contributed by atoms with Crippen molar-refractivity contribution in [2.24, 2.45) is 0 Å². The van der Waals surface area contributed by atoms with E-state index in [9.17, 15) is 0 Å². The fraction of sp³-hybridized carbons (Fsp3) is 0.435. The molecule has 0 unspecified atom stereocenters. The average Bonchev–Trinajstić information content (AvgIpc) is 3.17. The number of pyridine rings is 2. The number of hydrogen-bond donors (Lipinski definition) is 0. The molecule has 0 bridgehead atoms. The molecule has 0 spiro atoms. The maximum Gasteiger partial charge on any atom is 0.0366 e. The predicted molar refractivity (Wildman–Crippen MR) is 242 cm³/mol. The van der Waals surface area contributed by atoms with Crippen LogP contribution in [0.1, 0.15) is 127 Å². The lowest BCUT2D eigenvalue weighted by Crippen LogP contribution is -2.25. The highest BCUT2D eigenvalue weighted by molar-refractivity contribution is 8.93. The quantitative estimate of drug-likeness (QED) is 0.0739. The Morgan fingerprint density at radius 1 is 0.365 bits per heavy atom. The van der Waals surface area contributed by atoms with Crippen LogP contribution >= 0.6 is 34.0 Å². The highest BCUT2D eigenvalue weighted by atomic mass is 79.9. The third-order valence-electron chi connectivity index (χ3n) is 8.99. The second-order valence-corrected chi connectivity index (χ2v) is 13.2. The number of aromatic nitrogens is 2. The van der Waals surface area contributed by atoms with Crippen LogP contribution in [0.25, 0.3) is 24.3 Å². The van der Waals surface area contributed by atoms with Crippen LogP contribution in [-0.2, 0) is 0 Å². The topological polar surface area (TPSA) is 32.3 Å². The van der Waals surface area contributed by atoms with Crippen LogP contribution < -0.4 is 9.80 Å². The first-order chi connectivity index (χ1) is 24.7. The minimum atomic E-state index is 0. The lowest BCUT2D eigenvalue weighted by molar-refractivity contribution is 0.636. The van der Waals surface area contributed by atoms with Gasteiger partial charge in [0.25, 0.3) is 0 Å². The summed E-state index contributed by atoms with van der Waals surface area (Å²) >= 11 is 0. The molecule has 2 heterocycles. The molecule has 0 atom stereocenters. The van der Waals surface area contributed by atoms with Crippen LogP contribution in [0.15, 0.2) is 97.6 Å². The van der Waals surface area contributed by atoms with Crippen molar-refractivity contribution >= 4 is 69.6 Å². The zero-order valence-electron chi connectivity index (χ0n) is 32.5. The first kappa shape index (κ1) is 46.8. The first-order valence-corrected chi connectivity index (χ1v) is 19.5. The summed E-state index contributed by atoms with van der Waals surface area (Å²) in [5.41, 5.74) is 7.55. The number of anilines is 2. The van der Waals surface area contributed by atoms with Crippen LogP contribution in [0.5, 0.6) is 0 Å². The number of nitrogens with zero attached hydrogens (tertiary/aromatic N) is 4. The van der Waals surface area contributed by atoms with Gasteiger partial charge in [0, 0.05) is 62.3 Å². The van der Waals surface area contributed by atoms with Crippen LogP contribution in [0.4, 0.5) is 11.4 Å². The van der Waals surface area contributed by atoms with Crippen molar-refractivity contribution in [3.8, 4) is 0 Å². The van der Waals surface area contributed by atoms with Gasteiger partial charge in [-0.3, -0.25) is 9.97 Å². The van der Waals surface area contributed by atoms with E-state index in [1.165, 1.54) is 137 Å². The van der Waals surface area contributed by atoms with Gasteiger partial charge in [-0.25, -0.2) is 0 Å². The molecule has 0 saturated carbocycles. The van der Waals surface area contributed by atoms with E-state index in [-0.39, 0.29) is 34.0 Å². The summed E-state index contributed by atoms with van der Waals surface area (Å²) in [5.74, 6) is 0. The minimum Gasteiger partial charge on any atom is -0.372 e. The number of rotatable bonds is 22. The first-order valence-electron chi connectivity index (χ1n) is 19.5. The molecular weight excluding hydrogens is 768 g/mol. The molecule has 0 N–H and O–H groups in total. The van der Waals surface area contributed by atoms with Crippen LogP contribution in [0.2, 0.25) is 0 Å². The Hall–Kier alpha value is -3.22. The third kappa shape index (κ3) is 19.6. The van der Waals surface area contributed by atoms with Crippen LogP contribution in [0.3, 0.4) is 0 Å². The molecule has 0 radical (unpaired) electrons. The lowest BCUT2D eigenvalue weighted by Gasteiger charge is -2.25. The maximum atomic E-state index is 4.05. The van der Waals surface area contributed by atoms with Crippen molar-refractivity contribution in [1.82, 2.24) is 9.97 Å². The molecule has 52 heavy (non-hydrogen) atoms. The molecule has 4 rings (SSSR count). The number of halogens is 2. The number of benzene rings is 2. The van der Waals surface area contributed by atoms with Gasteiger partial charge in [0.1, 0.15) is 0 Å². The highest BCUT2D eigenvalue weighted by Crippen LogP contribution is 2.20. The number of hydrogen-bond acceptors (Lipinski definition) is 4. The molecule has 284 valence electrons. The van der Waals surface area contributed by atoms with Gasteiger partial charge in [-0.15, -0.1) is 34.0 Å². The van der Waals surface area contributed by atoms with E-state index in [0.717, 1.165) is 0 Å². The SMILES string of the molecule is Br.Br.CCCCCN(CCCCC)c1ccc(C=Cc2ccncc2)cc1.CCCCCN(CCCCC)c1ccc(C=Cc2ccncc2)cc1. The Balaban J connectivity index is 0.000000501. The molecule has 0 amide bonds. The summed E-state index contributed by atoms with van der Waals surface area (Å²) in [6.07, 6.45) is 31.4. The van der Waals surface area contributed by atoms with E-state index >= 15 is 0 Å². The maximum absolute atomic E-state index is 4.05. The Kier molecular flexibility index (Phi) is 27.2. The van der Waals surface area contributed by atoms with Gasteiger partial charge in [0.15, 0.2) is 0 Å². The van der Waals surface area contributed by atoms with E-state index in [0.29, 0.717) is 0 Å². The molecule has 6 heteroatoms. The summed E-state index contributed by atoms with van der Waals surface area (Å²) in [6, 6.07) is 26.0. The Bertz CT molecular complexity index is 1310. The monoisotopic (exact) mass is 832 g/mol. The number of unbranched alkanes of at least 4 members (excludes halogenated alkanes) is 8. The second-order valence-electron chi connectivity index (χ2n) is 13.2. The van der Waals surface area contributed by atoms with Crippen LogP contribution in [-0.4, -0.2) is 36.1 Å². The van der Waals surface area contributed by atoms with Crippen molar-refractivity contribution in [1.29, 1.82) is 0 Å². The third-order valence-corrected chi connectivity index (χ3v) is 8.99. The molecule has 0 aliphatic rings. The Morgan fingerprint density at radius 2 is 0.615 bits per heavy atom. The van der Waals surface area contributed by atoms with Gasteiger partial charge in [-0.05, 0) is 96.5 Å². The molecule has 2 aromatic heterocycles. The van der Waals surface area contributed by atoms with E-state index in [2.05, 4.69) is 120 Å². The van der Waals surface area contributed by atoms with Gasteiger partial charge in [-0.1, -0.05) is 128 Å². The smallest absolute Gasteiger partial charge is 0.0366 e. The van der Waals surface area contributed by atoms with Gasteiger partial charge in [0.05, 0.1) is 0 Å². The molecule has 2 aromatic carbocycles. The standard InChI is InChI=1S/2C23H32N2.2BrH/c2*1-3-5-7-19-25(20-8-6-4-2)23-13-11-21(12-14-23)9-10-22-15-17-24-18-16-22;;/h2*9-18H,3-8,19-20H2,1-2H3;2*1H. The minimum absolute atomic E-state index is 0. The van der Waals surface area contributed by atoms with E-state index in [4.69, 9.17) is 0 Å². The van der Waals surface area contributed by atoms with Gasteiger partial charge in [0.2, 0.25) is 0 Å². The van der Waals surface area contributed by atoms with Crippen LogP contribution in [0, 0.1) is 0 Å². The highest BCUT2D eigenvalue weighted by Gasteiger charge is 2.07. The van der Waals surface area contributed by atoms with Crippen molar-refractivity contribution in [3.63, 3.8) is 0 Å². The van der Waals surface area contributed by atoms with Crippen molar-refractivity contribution < 1.29 is 0 Å². The van der Waals surface area contributed by atoms with E-state index in [1.807, 2.05) is 49.1 Å². The largest absolute Gasteiger partial charge is 0.372 e. The summed E-state index contributed by atoms with van der Waals surface area (Å²) < 4.78 is 0. The van der Waals surface area contributed by atoms with Gasteiger partial charge in [-0.2, -0.15) is 0 Å². The van der Waals surface area contributed by atoms with E-state index in [1.54, 1.807) is 0 Å². The predicted octanol–water partition coefficient (Wildman–Crippen LogP) is 14.0. The summed E-state index contributed by atoms with van der Waals surface area (Å²) in [6.45, 7) is 13.8. The zero-order chi connectivity index (χ0) is 35.5. The summed E-state index contributed by atoms with van der Waals surface area (Å²) in [4.78, 5) is 13.2. The molecule has 0 aliphatic heterocycles. The summed E-state index contributed by atoms with van der Waals surface area (Å²) in [7, 11) is 0. The van der Waals surface area contributed by atoms with Gasteiger partial charge < -0.3 is 9.80 Å². The molecule has 4 aromatic rings. The lowest BCUT2D eigenvalue weighted by atomic mass is 10.1. The van der Waals surface area contributed by atoms with Crippen molar-refractivity contribution in [3.05, 3.63) is 120 Å². The molecular formula is C46H66Br2N4. The normalized spacial score (nSPS) is 10.7. The zero-order valence-corrected chi connectivity index (χ0v) is 35.9. The molecule has 0 fully saturated rings. The average molecular weight is 835 g/mol. The fourth-order valence-corrected chi connectivity index (χ4v) is 5.88. The molecule has 0 aliphatic carbocycles. The molecule has 4 nitrogen and oxygen atoms in total. The summed E-state index contributed by atoms with van der Waals surface area (Å²) in [5, 5.41) is 0. The van der Waals surface area contributed by atoms with E-state index < -0.39 is 0 Å². The van der Waals surface area contributed by atoms with Crippen molar-refractivity contribution in [2.75, 3.05) is 36.0 Å².